The first-order chi connectivity index (χ1) is 24.3. The highest BCUT2D eigenvalue weighted by Crippen LogP contribution is 2.58. The van der Waals surface area contributed by atoms with Crippen molar-refractivity contribution in [1.29, 1.82) is 0 Å². The van der Waals surface area contributed by atoms with E-state index >= 15 is 8.78 Å². The van der Waals surface area contributed by atoms with Gasteiger partial charge in [-0.15, -0.1) is 0 Å². The summed E-state index contributed by atoms with van der Waals surface area (Å²) >= 11 is 6.05. The summed E-state index contributed by atoms with van der Waals surface area (Å²) in [6.45, 7) is -0.454. The maximum atomic E-state index is 15.9. The first-order valence-corrected chi connectivity index (χ1v) is 19.7. The Bertz CT molecular complexity index is 2080. The maximum absolute atomic E-state index is 15.9. The first-order valence-electron chi connectivity index (χ1n) is 16.2. The molecule has 0 unspecified atom stereocenters. The van der Waals surface area contributed by atoms with Gasteiger partial charge in [0.2, 0.25) is 10.0 Å². The summed E-state index contributed by atoms with van der Waals surface area (Å²) in [5.74, 6) is -4.58. The SMILES string of the molecule is COc1ccc(CN(Cc2ccc(OC)cc2)S(=O)(=O)CC[C@H]2C(=O)CC[C@]3(S(=O)(=O)c4ccc(Cl)cc4)c4c(F)ccc(F)c4OC[C@H]23)cc1. The highest BCUT2D eigenvalue weighted by atomic mass is 35.5. The lowest BCUT2D eigenvalue weighted by molar-refractivity contribution is -0.129. The Balaban J connectivity index is 1.37. The molecule has 14 heteroatoms. The van der Waals surface area contributed by atoms with Crippen LogP contribution in [-0.2, 0) is 42.5 Å². The Morgan fingerprint density at radius 2 is 1.37 bits per heavy atom. The van der Waals surface area contributed by atoms with E-state index in [1.54, 1.807) is 48.5 Å². The van der Waals surface area contributed by atoms with Gasteiger partial charge in [-0.25, -0.2) is 25.6 Å². The number of benzene rings is 4. The van der Waals surface area contributed by atoms with Crippen LogP contribution in [0.15, 0.2) is 89.8 Å². The normalized spacial score (nSPS) is 20.3. The van der Waals surface area contributed by atoms with Gasteiger partial charge >= 0.3 is 0 Å². The molecular weight excluding hydrogens is 724 g/mol. The topological polar surface area (TPSA) is 116 Å². The van der Waals surface area contributed by atoms with E-state index in [0.29, 0.717) is 22.6 Å². The fraction of sp³-hybridized carbons (Fsp3) is 0.324. The van der Waals surface area contributed by atoms with E-state index in [9.17, 15) is 21.6 Å². The summed E-state index contributed by atoms with van der Waals surface area (Å²) in [5, 5.41) is 0.267. The van der Waals surface area contributed by atoms with E-state index in [1.165, 1.54) is 42.8 Å². The number of Topliss-reactive ketones (excluding diaryl/α,β-unsaturated/α-hetero) is 1. The Morgan fingerprint density at radius 3 is 1.92 bits per heavy atom. The minimum atomic E-state index is -4.55. The van der Waals surface area contributed by atoms with Gasteiger partial charge in [0, 0.05) is 36.4 Å². The Labute approximate surface area is 301 Å². The Hall–Kier alpha value is -4.04. The summed E-state index contributed by atoms with van der Waals surface area (Å²) in [6, 6.07) is 20.9. The van der Waals surface area contributed by atoms with Crippen LogP contribution in [0.25, 0.3) is 0 Å². The summed E-state index contributed by atoms with van der Waals surface area (Å²) in [4.78, 5) is 13.5. The lowest BCUT2D eigenvalue weighted by Gasteiger charge is -2.49. The van der Waals surface area contributed by atoms with Crippen molar-refractivity contribution in [3.8, 4) is 17.2 Å². The number of rotatable bonds is 12. The van der Waals surface area contributed by atoms with Crippen LogP contribution < -0.4 is 14.2 Å². The number of carbonyl (C=O) groups is 1. The third-order valence-corrected chi connectivity index (χ3v) is 14.5. The third kappa shape index (κ3) is 6.96. The molecule has 9 nitrogen and oxygen atoms in total. The van der Waals surface area contributed by atoms with Crippen LogP contribution in [0.4, 0.5) is 8.78 Å². The highest BCUT2D eigenvalue weighted by Gasteiger charge is 2.62. The maximum Gasteiger partial charge on any atom is 0.214 e. The molecule has 1 fully saturated rings. The number of carbonyl (C=O) groups excluding carboxylic acids is 1. The summed E-state index contributed by atoms with van der Waals surface area (Å²) < 4.78 is 104. The molecule has 0 spiro atoms. The molecule has 0 bridgehead atoms. The molecule has 0 aromatic heterocycles. The number of ether oxygens (including phenoxy) is 3. The van der Waals surface area contributed by atoms with Gasteiger partial charge in [0.05, 0.1) is 37.0 Å². The molecule has 51 heavy (non-hydrogen) atoms. The molecule has 270 valence electrons. The molecule has 3 atom stereocenters. The van der Waals surface area contributed by atoms with Gasteiger partial charge in [-0.1, -0.05) is 35.9 Å². The lowest BCUT2D eigenvalue weighted by atomic mass is 9.66. The summed E-state index contributed by atoms with van der Waals surface area (Å²) in [6.07, 6.45) is -0.922. The van der Waals surface area contributed by atoms with Gasteiger partial charge in [0.15, 0.2) is 21.4 Å². The number of halogens is 3. The number of sulfone groups is 1. The van der Waals surface area contributed by atoms with Crippen molar-refractivity contribution >= 4 is 37.2 Å². The van der Waals surface area contributed by atoms with Crippen LogP contribution in [-0.4, -0.2) is 53.5 Å². The number of fused-ring (bicyclic) bond motifs is 3. The number of hydrogen-bond acceptors (Lipinski definition) is 8. The predicted molar refractivity (Wildman–Crippen MR) is 187 cm³/mol. The first kappa shape index (κ1) is 36.7. The number of sulfonamides is 1. The molecule has 1 aliphatic heterocycles. The average Bonchev–Trinajstić information content (AvgIpc) is 3.12. The van der Waals surface area contributed by atoms with Crippen LogP contribution in [0.2, 0.25) is 5.02 Å². The second-order valence-electron chi connectivity index (χ2n) is 12.6. The van der Waals surface area contributed by atoms with Gasteiger partial charge < -0.3 is 14.2 Å². The lowest BCUT2D eigenvalue weighted by Crippen LogP contribution is -2.56. The van der Waals surface area contributed by atoms with Gasteiger partial charge in [-0.05, 0) is 84.6 Å². The number of nitrogens with zero attached hydrogens (tertiary/aromatic N) is 1. The van der Waals surface area contributed by atoms with Crippen molar-refractivity contribution in [2.45, 2.75) is 42.0 Å². The molecule has 0 radical (unpaired) electrons. The average molecular weight is 760 g/mol. The van der Waals surface area contributed by atoms with E-state index in [4.69, 9.17) is 25.8 Å². The molecule has 1 saturated carbocycles. The standard InChI is InChI=1S/C37H36ClF2NO8S2/c1-47-27-9-3-24(4-10-27)21-41(22-25-5-11-28(48-2)12-6-25)50(43,44)20-18-30-31-23-49-36-33(40)16-15-32(39)35(36)37(31,19-17-34(30)42)51(45,46)29-13-7-26(38)8-14-29/h3-16,30-31H,17-23H2,1-2H3/t30-,31-,37-/m1/s1. The summed E-state index contributed by atoms with van der Waals surface area (Å²) in [7, 11) is -5.62. The second kappa shape index (κ2) is 14.5. The van der Waals surface area contributed by atoms with Crippen molar-refractivity contribution in [1.82, 2.24) is 4.31 Å². The number of methoxy groups -OCH3 is 2. The molecule has 1 heterocycles. The molecule has 0 N–H and O–H groups in total. The van der Waals surface area contributed by atoms with Crippen molar-refractivity contribution < 1.29 is 44.6 Å². The number of hydrogen-bond donors (Lipinski definition) is 0. The molecule has 2 aliphatic rings. The highest BCUT2D eigenvalue weighted by molar-refractivity contribution is 7.92. The quantitative estimate of drug-likeness (QED) is 0.157. The largest absolute Gasteiger partial charge is 0.497 e. The zero-order chi connectivity index (χ0) is 36.6. The smallest absolute Gasteiger partial charge is 0.214 e. The van der Waals surface area contributed by atoms with Gasteiger partial charge in [0.1, 0.15) is 27.8 Å². The fourth-order valence-corrected chi connectivity index (χ4v) is 11.2. The zero-order valence-electron chi connectivity index (χ0n) is 27.9. The van der Waals surface area contributed by atoms with Crippen molar-refractivity contribution in [3.05, 3.63) is 118 Å². The van der Waals surface area contributed by atoms with Crippen molar-refractivity contribution in [2.75, 3.05) is 26.6 Å². The van der Waals surface area contributed by atoms with Crippen LogP contribution in [0.1, 0.15) is 36.0 Å². The second-order valence-corrected chi connectivity index (χ2v) is 17.4. The Kier molecular flexibility index (Phi) is 10.5. The molecule has 0 saturated heterocycles. The van der Waals surface area contributed by atoms with Crippen LogP contribution in [0.3, 0.4) is 0 Å². The molecule has 4 aromatic rings. The van der Waals surface area contributed by atoms with Crippen LogP contribution in [0.5, 0.6) is 17.2 Å². The van der Waals surface area contributed by atoms with Gasteiger partial charge in [0.25, 0.3) is 0 Å². The molecule has 4 aromatic carbocycles. The van der Waals surface area contributed by atoms with E-state index in [1.807, 2.05) is 0 Å². The minimum absolute atomic E-state index is 0.00371. The summed E-state index contributed by atoms with van der Waals surface area (Å²) in [5.41, 5.74) is 0.878. The van der Waals surface area contributed by atoms with Gasteiger partial charge in [-0.3, -0.25) is 4.79 Å². The Morgan fingerprint density at radius 1 is 0.824 bits per heavy atom. The minimum Gasteiger partial charge on any atom is -0.497 e. The third-order valence-electron chi connectivity index (χ3n) is 9.85. The number of ketones is 1. The van der Waals surface area contributed by atoms with E-state index in [0.717, 1.165) is 12.1 Å². The van der Waals surface area contributed by atoms with E-state index < -0.39 is 71.8 Å². The predicted octanol–water partition coefficient (Wildman–Crippen LogP) is 6.71. The van der Waals surface area contributed by atoms with Crippen molar-refractivity contribution in [2.24, 2.45) is 11.8 Å². The van der Waals surface area contributed by atoms with Crippen LogP contribution in [0, 0.1) is 23.5 Å². The molecule has 1 aliphatic carbocycles. The molecular formula is C37H36ClF2NO8S2. The van der Waals surface area contributed by atoms with Crippen LogP contribution >= 0.6 is 11.6 Å². The zero-order valence-corrected chi connectivity index (χ0v) is 30.2. The van der Waals surface area contributed by atoms with E-state index in [2.05, 4.69) is 0 Å². The van der Waals surface area contributed by atoms with Gasteiger partial charge in [-0.2, -0.15) is 4.31 Å². The fourth-order valence-electron chi connectivity index (χ4n) is 7.21. The monoisotopic (exact) mass is 759 g/mol. The van der Waals surface area contributed by atoms with Crippen molar-refractivity contribution in [3.63, 3.8) is 0 Å². The molecule has 0 amide bonds. The van der Waals surface area contributed by atoms with E-state index in [-0.39, 0.29) is 48.1 Å². The molecule has 6 rings (SSSR count).